The third-order valence-corrected chi connectivity index (χ3v) is 3.51. The Hall–Kier alpha value is -2.76. The summed E-state index contributed by atoms with van der Waals surface area (Å²) in [5, 5.41) is 9.35. The van der Waals surface area contributed by atoms with Gasteiger partial charge in [-0.3, -0.25) is 4.57 Å². The number of carboxylic acid groups (broad SMARTS) is 1. The van der Waals surface area contributed by atoms with Crippen molar-refractivity contribution in [2.75, 3.05) is 0 Å². The molecule has 0 aliphatic carbocycles. The minimum absolute atomic E-state index is 0.355. The summed E-state index contributed by atoms with van der Waals surface area (Å²) in [6.45, 7) is 3.46. The minimum atomic E-state index is -0.981. The highest BCUT2D eigenvalue weighted by Crippen LogP contribution is 2.28. The number of rotatable bonds is 3. The lowest BCUT2D eigenvalue weighted by Gasteiger charge is -2.13. The van der Waals surface area contributed by atoms with E-state index in [4.69, 9.17) is 0 Å². The zero-order valence-electron chi connectivity index (χ0n) is 12.1. The molecule has 3 rings (SSSR count). The quantitative estimate of drug-likeness (QED) is 0.806. The summed E-state index contributed by atoms with van der Waals surface area (Å²) in [5.41, 5.74) is 2.70. The van der Waals surface area contributed by atoms with Crippen LogP contribution in [0.25, 0.3) is 22.6 Å². The SMILES string of the molecule is Cc1cnc2c(c1)nc(-c1ccc(F)cc1)n2C(C)C(=O)O. The van der Waals surface area contributed by atoms with E-state index in [1.807, 2.05) is 13.0 Å². The van der Waals surface area contributed by atoms with E-state index in [9.17, 15) is 14.3 Å². The van der Waals surface area contributed by atoms with Crippen LogP contribution in [0, 0.1) is 12.7 Å². The maximum absolute atomic E-state index is 13.1. The second-order valence-electron chi connectivity index (χ2n) is 5.18. The van der Waals surface area contributed by atoms with Gasteiger partial charge in [0.2, 0.25) is 0 Å². The molecule has 1 aromatic carbocycles. The van der Waals surface area contributed by atoms with Crippen molar-refractivity contribution in [3.8, 4) is 11.4 Å². The Morgan fingerprint density at radius 2 is 2.00 bits per heavy atom. The number of halogens is 1. The van der Waals surface area contributed by atoms with E-state index in [0.29, 0.717) is 22.6 Å². The number of pyridine rings is 1. The molecular weight excluding hydrogens is 285 g/mol. The molecule has 0 aliphatic heterocycles. The van der Waals surface area contributed by atoms with Gasteiger partial charge in [-0.05, 0) is 49.7 Å². The number of aryl methyl sites for hydroxylation is 1. The predicted octanol–water partition coefficient (Wildman–Crippen LogP) is 3.19. The van der Waals surface area contributed by atoms with E-state index in [1.54, 1.807) is 29.8 Å². The molecule has 3 aromatic rings. The van der Waals surface area contributed by atoms with Gasteiger partial charge in [-0.15, -0.1) is 0 Å². The summed E-state index contributed by atoms with van der Waals surface area (Å²) in [6.07, 6.45) is 1.67. The summed E-state index contributed by atoms with van der Waals surface area (Å²) in [5.74, 6) is -0.875. The summed E-state index contributed by atoms with van der Waals surface area (Å²) in [6, 6.07) is 6.82. The molecule has 2 heterocycles. The van der Waals surface area contributed by atoms with Gasteiger partial charge in [-0.2, -0.15) is 0 Å². The molecule has 0 amide bonds. The van der Waals surface area contributed by atoms with Crippen LogP contribution in [0.15, 0.2) is 36.5 Å². The van der Waals surface area contributed by atoms with Crippen molar-refractivity contribution in [1.82, 2.24) is 14.5 Å². The lowest BCUT2D eigenvalue weighted by molar-refractivity contribution is -0.140. The summed E-state index contributed by atoms with van der Waals surface area (Å²) < 4.78 is 14.7. The Bertz CT molecular complexity index is 856. The largest absolute Gasteiger partial charge is 0.480 e. The molecule has 112 valence electrons. The van der Waals surface area contributed by atoms with Gasteiger partial charge < -0.3 is 5.11 Å². The summed E-state index contributed by atoms with van der Waals surface area (Å²) in [4.78, 5) is 20.2. The lowest BCUT2D eigenvalue weighted by atomic mass is 10.2. The van der Waals surface area contributed by atoms with Crippen molar-refractivity contribution < 1.29 is 14.3 Å². The Morgan fingerprint density at radius 3 is 2.64 bits per heavy atom. The third kappa shape index (κ3) is 2.32. The molecular formula is C16H14FN3O2. The highest BCUT2D eigenvalue weighted by atomic mass is 19.1. The molecule has 1 N–H and O–H groups in total. The molecule has 1 atom stereocenters. The van der Waals surface area contributed by atoms with Crippen LogP contribution in [0.2, 0.25) is 0 Å². The first-order chi connectivity index (χ1) is 10.5. The average molecular weight is 299 g/mol. The standard InChI is InChI=1S/C16H14FN3O2/c1-9-7-13-15(18-8-9)20(10(2)16(21)22)14(19-13)11-3-5-12(17)6-4-11/h3-8,10H,1-2H3,(H,21,22). The van der Waals surface area contributed by atoms with Gasteiger partial charge in [-0.1, -0.05) is 0 Å². The van der Waals surface area contributed by atoms with Crippen LogP contribution in [0.3, 0.4) is 0 Å². The maximum atomic E-state index is 13.1. The fourth-order valence-corrected chi connectivity index (χ4v) is 2.36. The van der Waals surface area contributed by atoms with E-state index in [1.165, 1.54) is 12.1 Å². The van der Waals surface area contributed by atoms with Crippen LogP contribution in [-0.4, -0.2) is 25.6 Å². The monoisotopic (exact) mass is 299 g/mol. The Morgan fingerprint density at radius 1 is 1.32 bits per heavy atom. The van der Waals surface area contributed by atoms with Crippen LogP contribution < -0.4 is 0 Å². The molecule has 6 heteroatoms. The van der Waals surface area contributed by atoms with E-state index >= 15 is 0 Å². The zero-order valence-corrected chi connectivity index (χ0v) is 12.1. The molecule has 0 saturated heterocycles. The highest BCUT2D eigenvalue weighted by molar-refractivity contribution is 5.82. The highest BCUT2D eigenvalue weighted by Gasteiger charge is 2.22. The number of carbonyl (C=O) groups is 1. The Balaban J connectivity index is 2.30. The van der Waals surface area contributed by atoms with Gasteiger partial charge >= 0.3 is 5.97 Å². The van der Waals surface area contributed by atoms with Crippen molar-refractivity contribution in [1.29, 1.82) is 0 Å². The molecule has 0 aliphatic rings. The van der Waals surface area contributed by atoms with Gasteiger partial charge in [0.1, 0.15) is 23.2 Å². The fraction of sp³-hybridized carbons (Fsp3) is 0.188. The number of hydrogen-bond acceptors (Lipinski definition) is 3. The molecule has 0 saturated carbocycles. The molecule has 1 unspecified atom stereocenters. The predicted molar refractivity (Wildman–Crippen MR) is 80.0 cm³/mol. The van der Waals surface area contributed by atoms with Crippen molar-refractivity contribution in [3.05, 3.63) is 47.9 Å². The second kappa shape index (κ2) is 5.22. The van der Waals surface area contributed by atoms with Gasteiger partial charge in [0.15, 0.2) is 5.65 Å². The maximum Gasteiger partial charge on any atom is 0.326 e. The molecule has 0 spiro atoms. The van der Waals surface area contributed by atoms with Crippen molar-refractivity contribution >= 4 is 17.1 Å². The number of hydrogen-bond donors (Lipinski definition) is 1. The van der Waals surface area contributed by atoms with Crippen molar-refractivity contribution in [2.24, 2.45) is 0 Å². The normalized spacial score (nSPS) is 12.5. The molecule has 0 bridgehead atoms. The number of benzene rings is 1. The van der Waals surface area contributed by atoms with E-state index < -0.39 is 12.0 Å². The van der Waals surface area contributed by atoms with Crippen LogP contribution in [0.1, 0.15) is 18.5 Å². The van der Waals surface area contributed by atoms with Gasteiger partial charge in [-0.25, -0.2) is 19.2 Å². The molecule has 22 heavy (non-hydrogen) atoms. The Kier molecular flexibility index (Phi) is 3.36. The first kappa shape index (κ1) is 14.2. The van der Waals surface area contributed by atoms with Crippen LogP contribution in [0.4, 0.5) is 4.39 Å². The van der Waals surface area contributed by atoms with E-state index in [-0.39, 0.29) is 5.82 Å². The average Bonchev–Trinajstić information content (AvgIpc) is 2.85. The van der Waals surface area contributed by atoms with Crippen molar-refractivity contribution in [2.45, 2.75) is 19.9 Å². The number of fused-ring (bicyclic) bond motifs is 1. The number of nitrogens with zero attached hydrogens (tertiary/aromatic N) is 3. The number of aromatic nitrogens is 3. The zero-order chi connectivity index (χ0) is 15.9. The number of carboxylic acids is 1. The smallest absolute Gasteiger partial charge is 0.326 e. The first-order valence-electron chi connectivity index (χ1n) is 6.80. The molecule has 0 fully saturated rings. The molecule has 2 aromatic heterocycles. The van der Waals surface area contributed by atoms with Gasteiger partial charge in [0.05, 0.1) is 0 Å². The van der Waals surface area contributed by atoms with Gasteiger partial charge in [0, 0.05) is 11.8 Å². The fourth-order valence-electron chi connectivity index (χ4n) is 2.36. The van der Waals surface area contributed by atoms with E-state index in [2.05, 4.69) is 9.97 Å². The number of aliphatic carboxylic acids is 1. The van der Waals surface area contributed by atoms with E-state index in [0.717, 1.165) is 5.56 Å². The van der Waals surface area contributed by atoms with Crippen molar-refractivity contribution in [3.63, 3.8) is 0 Å². The van der Waals surface area contributed by atoms with Gasteiger partial charge in [0.25, 0.3) is 0 Å². The minimum Gasteiger partial charge on any atom is -0.480 e. The summed E-state index contributed by atoms with van der Waals surface area (Å²) in [7, 11) is 0. The number of imidazole rings is 1. The topological polar surface area (TPSA) is 68.0 Å². The van der Waals surface area contributed by atoms with Crippen LogP contribution in [-0.2, 0) is 4.79 Å². The third-order valence-electron chi connectivity index (χ3n) is 3.51. The molecule has 5 nitrogen and oxygen atoms in total. The van der Waals surface area contributed by atoms with Crippen LogP contribution >= 0.6 is 0 Å². The second-order valence-corrected chi connectivity index (χ2v) is 5.18. The summed E-state index contributed by atoms with van der Waals surface area (Å²) >= 11 is 0. The first-order valence-corrected chi connectivity index (χ1v) is 6.80. The van der Waals surface area contributed by atoms with Crippen LogP contribution in [0.5, 0.6) is 0 Å². The molecule has 0 radical (unpaired) electrons. The lowest BCUT2D eigenvalue weighted by Crippen LogP contribution is -2.17. The Labute approximate surface area is 126 Å².